The van der Waals surface area contributed by atoms with Gasteiger partial charge in [-0.05, 0) is 35.4 Å². The minimum atomic E-state index is -3.17. The van der Waals surface area contributed by atoms with Crippen molar-refractivity contribution in [3.63, 3.8) is 0 Å². The number of guanidine groups is 1. The summed E-state index contributed by atoms with van der Waals surface area (Å²) in [6.45, 7) is 1.16. The Hall–Kier alpha value is -1.81. The largest absolute Gasteiger partial charge is 0.497 e. The maximum absolute atomic E-state index is 11.5. The molecular weight excluding hydrogens is 465 g/mol. The highest BCUT2D eigenvalue weighted by atomic mass is 127. The number of sulfone groups is 1. The number of benzene rings is 2. The first-order valence-corrected chi connectivity index (χ1v) is 9.68. The highest BCUT2D eigenvalue weighted by Gasteiger charge is 2.06. The molecular formula is C18H24IN3O3S. The van der Waals surface area contributed by atoms with Gasteiger partial charge in [0.1, 0.15) is 5.75 Å². The van der Waals surface area contributed by atoms with Gasteiger partial charge in [-0.1, -0.05) is 24.3 Å². The normalized spacial score (nSPS) is 11.4. The van der Waals surface area contributed by atoms with Crippen LogP contribution in [0.1, 0.15) is 11.1 Å². The van der Waals surface area contributed by atoms with Crippen LogP contribution in [-0.2, 0) is 22.9 Å². The Kier molecular flexibility index (Phi) is 8.86. The summed E-state index contributed by atoms with van der Waals surface area (Å²) in [5.74, 6) is 1.48. The minimum absolute atomic E-state index is 0. The molecule has 142 valence electrons. The molecule has 2 rings (SSSR count). The lowest BCUT2D eigenvalue weighted by molar-refractivity contribution is 0.414. The van der Waals surface area contributed by atoms with Crippen molar-refractivity contribution in [1.29, 1.82) is 0 Å². The number of nitrogens with one attached hydrogen (secondary N) is 2. The Morgan fingerprint density at radius 2 is 1.65 bits per heavy atom. The minimum Gasteiger partial charge on any atom is -0.497 e. The summed E-state index contributed by atoms with van der Waals surface area (Å²) in [4.78, 5) is 4.50. The summed E-state index contributed by atoms with van der Waals surface area (Å²) in [5, 5.41) is 6.43. The Bertz CT molecular complexity index is 837. The number of methoxy groups -OCH3 is 1. The number of hydrogen-bond donors (Lipinski definition) is 2. The first-order valence-electron chi connectivity index (χ1n) is 7.79. The number of ether oxygens (including phenoxy) is 1. The van der Waals surface area contributed by atoms with Crippen molar-refractivity contribution in [2.45, 2.75) is 18.0 Å². The van der Waals surface area contributed by atoms with Crippen LogP contribution in [0.15, 0.2) is 58.4 Å². The van der Waals surface area contributed by atoms with Gasteiger partial charge in [0.25, 0.3) is 0 Å². The summed E-state index contributed by atoms with van der Waals surface area (Å²) in [6.07, 6.45) is 1.20. The zero-order valence-corrected chi connectivity index (χ0v) is 18.2. The molecule has 0 fully saturated rings. The molecule has 2 N–H and O–H groups in total. The molecule has 0 unspecified atom stereocenters. The summed E-state index contributed by atoms with van der Waals surface area (Å²) in [5.41, 5.74) is 2.05. The van der Waals surface area contributed by atoms with Crippen molar-refractivity contribution in [2.24, 2.45) is 4.99 Å². The lowest BCUT2D eigenvalue weighted by atomic mass is 10.2. The van der Waals surface area contributed by atoms with Gasteiger partial charge in [-0.2, -0.15) is 0 Å². The zero-order valence-electron chi connectivity index (χ0n) is 15.0. The molecule has 0 aliphatic heterocycles. The van der Waals surface area contributed by atoms with Crippen LogP contribution in [0.5, 0.6) is 5.75 Å². The van der Waals surface area contributed by atoms with Crippen LogP contribution in [0.4, 0.5) is 0 Å². The van der Waals surface area contributed by atoms with E-state index in [1.807, 2.05) is 24.3 Å². The number of hydrogen-bond acceptors (Lipinski definition) is 4. The van der Waals surface area contributed by atoms with Crippen molar-refractivity contribution in [2.75, 3.05) is 20.4 Å². The van der Waals surface area contributed by atoms with Gasteiger partial charge in [0.2, 0.25) is 0 Å². The van der Waals surface area contributed by atoms with Gasteiger partial charge in [0.05, 0.1) is 12.0 Å². The molecule has 2 aromatic rings. The van der Waals surface area contributed by atoms with Gasteiger partial charge in [-0.15, -0.1) is 24.0 Å². The fourth-order valence-electron chi connectivity index (χ4n) is 2.23. The molecule has 0 saturated carbocycles. The molecule has 0 bridgehead atoms. The fourth-order valence-corrected chi connectivity index (χ4v) is 2.86. The van der Waals surface area contributed by atoms with E-state index in [1.54, 1.807) is 38.4 Å². The highest BCUT2D eigenvalue weighted by molar-refractivity contribution is 14.0. The molecule has 0 aliphatic rings. The van der Waals surface area contributed by atoms with E-state index in [1.165, 1.54) is 6.26 Å². The summed E-state index contributed by atoms with van der Waals surface area (Å²) in [6, 6.07) is 14.6. The van der Waals surface area contributed by atoms with Crippen molar-refractivity contribution >= 4 is 39.8 Å². The standard InChI is InChI=1S/C18H23N3O3S.HI/c1-19-18(21-13-15-5-4-6-16(11-15)24-2)20-12-14-7-9-17(10-8-14)25(3,22)23;/h4-11H,12-13H2,1-3H3,(H2,19,20,21);1H. The zero-order chi connectivity index (χ0) is 18.3. The van der Waals surface area contributed by atoms with Crippen LogP contribution < -0.4 is 15.4 Å². The van der Waals surface area contributed by atoms with Crippen molar-refractivity contribution in [1.82, 2.24) is 10.6 Å². The van der Waals surface area contributed by atoms with Gasteiger partial charge in [-0.3, -0.25) is 4.99 Å². The predicted octanol–water partition coefficient (Wildman–Crippen LogP) is 2.58. The number of halogens is 1. The van der Waals surface area contributed by atoms with Crippen LogP contribution in [0, 0.1) is 0 Å². The van der Waals surface area contributed by atoms with Gasteiger partial charge < -0.3 is 15.4 Å². The number of aliphatic imine (C=N–C) groups is 1. The van der Waals surface area contributed by atoms with Crippen molar-refractivity contribution in [3.05, 3.63) is 59.7 Å². The van der Waals surface area contributed by atoms with Crippen molar-refractivity contribution < 1.29 is 13.2 Å². The van der Waals surface area contributed by atoms with Crippen LogP contribution in [0.25, 0.3) is 0 Å². The Morgan fingerprint density at radius 3 is 2.19 bits per heavy atom. The Morgan fingerprint density at radius 1 is 1.04 bits per heavy atom. The monoisotopic (exact) mass is 489 g/mol. The first-order chi connectivity index (χ1) is 11.9. The SMILES string of the molecule is CN=C(NCc1ccc(S(C)(=O)=O)cc1)NCc1cccc(OC)c1.I. The molecule has 0 spiro atoms. The van der Waals surface area contributed by atoms with Gasteiger partial charge >= 0.3 is 0 Å². The third-order valence-corrected chi connectivity index (χ3v) is 4.76. The van der Waals surface area contributed by atoms with E-state index in [0.29, 0.717) is 23.9 Å². The van der Waals surface area contributed by atoms with Gasteiger partial charge in [-0.25, -0.2) is 8.42 Å². The first kappa shape index (κ1) is 22.2. The molecule has 8 heteroatoms. The molecule has 0 aromatic heterocycles. The number of nitrogens with zero attached hydrogens (tertiary/aromatic N) is 1. The molecule has 0 heterocycles. The van der Waals surface area contributed by atoms with Crippen molar-refractivity contribution in [3.8, 4) is 5.75 Å². The molecule has 26 heavy (non-hydrogen) atoms. The highest BCUT2D eigenvalue weighted by Crippen LogP contribution is 2.12. The average Bonchev–Trinajstić information content (AvgIpc) is 2.61. The molecule has 6 nitrogen and oxygen atoms in total. The third-order valence-electron chi connectivity index (χ3n) is 3.63. The van der Waals surface area contributed by atoms with E-state index >= 15 is 0 Å². The fraction of sp³-hybridized carbons (Fsp3) is 0.278. The quantitative estimate of drug-likeness (QED) is 0.371. The molecule has 0 radical (unpaired) electrons. The average molecular weight is 489 g/mol. The van der Waals surface area contributed by atoms with E-state index < -0.39 is 9.84 Å². The smallest absolute Gasteiger partial charge is 0.191 e. The molecule has 0 saturated heterocycles. The molecule has 0 amide bonds. The molecule has 0 aliphatic carbocycles. The maximum Gasteiger partial charge on any atom is 0.191 e. The predicted molar refractivity (Wildman–Crippen MR) is 115 cm³/mol. The lowest BCUT2D eigenvalue weighted by Gasteiger charge is -2.12. The second-order valence-electron chi connectivity index (χ2n) is 5.55. The van der Waals surface area contributed by atoms with E-state index in [-0.39, 0.29) is 24.0 Å². The van der Waals surface area contributed by atoms with E-state index in [4.69, 9.17) is 4.74 Å². The summed E-state index contributed by atoms with van der Waals surface area (Å²) < 4.78 is 28.1. The van der Waals surface area contributed by atoms with E-state index in [0.717, 1.165) is 16.9 Å². The Balaban J connectivity index is 0.00000338. The third kappa shape index (κ3) is 6.83. The van der Waals surface area contributed by atoms with Crippen LogP contribution in [0.2, 0.25) is 0 Å². The molecule has 0 atom stereocenters. The van der Waals surface area contributed by atoms with Crippen LogP contribution >= 0.6 is 24.0 Å². The van der Waals surface area contributed by atoms with Gasteiger partial charge in [0.15, 0.2) is 15.8 Å². The van der Waals surface area contributed by atoms with Crippen LogP contribution in [0.3, 0.4) is 0 Å². The topological polar surface area (TPSA) is 79.8 Å². The van der Waals surface area contributed by atoms with E-state index in [2.05, 4.69) is 15.6 Å². The molecule has 2 aromatic carbocycles. The second-order valence-corrected chi connectivity index (χ2v) is 7.56. The summed E-state index contributed by atoms with van der Waals surface area (Å²) in [7, 11) is 0.176. The van der Waals surface area contributed by atoms with E-state index in [9.17, 15) is 8.42 Å². The lowest BCUT2D eigenvalue weighted by Crippen LogP contribution is -2.36. The maximum atomic E-state index is 11.5. The van der Waals surface area contributed by atoms with Gasteiger partial charge in [0, 0.05) is 26.4 Å². The summed E-state index contributed by atoms with van der Waals surface area (Å²) >= 11 is 0. The Labute approximate surface area is 172 Å². The number of rotatable bonds is 6. The second kappa shape index (κ2) is 10.4. The van der Waals surface area contributed by atoms with Crippen LogP contribution in [-0.4, -0.2) is 34.8 Å².